The van der Waals surface area contributed by atoms with Gasteiger partial charge in [-0.3, -0.25) is 4.79 Å². The Morgan fingerprint density at radius 3 is 2.59 bits per heavy atom. The molecule has 2 aliphatic rings. The number of aryl methyl sites for hydroxylation is 1. The second kappa shape index (κ2) is 6.02. The van der Waals surface area contributed by atoms with E-state index in [0.29, 0.717) is 51.6 Å². The van der Waals surface area contributed by atoms with Crippen LogP contribution in [-0.2, 0) is 21.3 Å². The average Bonchev–Trinajstić information content (AvgIpc) is 2.91. The molecule has 2 aliphatic heterocycles. The van der Waals surface area contributed by atoms with Gasteiger partial charge in [0, 0.05) is 38.9 Å². The van der Waals surface area contributed by atoms with Crippen LogP contribution >= 0.6 is 0 Å². The van der Waals surface area contributed by atoms with Crippen LogP contribution in [0.3, 0.4) is 0 Å². The highest BCUT2D eigenvalue weighted by Gasteiger charge is 2.30. The van der Waals surface area contributed by atoms with Crippen molar-refractivity contribution >= 4 is 15.9 Å². The van der Waals surface area contributed by atoms with Crippen molar-refractivity contribution in [1.29, 1.82) is 0 Å². The molecule has 0 atom stereocenters. The number of morpholine rings is 1. The zero-order valence-electron chi connectivity index (χ0n) is 12.7. The predicted octanol–water partition coefficient (Wildman–Crippen LogP) is 0.375. The Balaban J connectivity index is 1.94. The Kier molecular flexibility index (Phi) is 4.24. The van der Waals surface area contributed by atoms with E-state index in [2.05, 4.69) is 0 Å². The number of sulfonamides is 1. The number of hydrogen-bond acceptors (Lipinski definition) is 4. The lowest BCUT2D eigenvalue weighted by molar-refractivity contribution is 0.0730. The van der Waals surface area contributed by atoms with Crippen LogP contribution in [0.2, 0.25) is 0 Å². The van der Waals surface area contributed by atoms with Gasteiger partial charge in [0.15, 0.2) is 0 Å². The fourth-order valence-corrected chi connectivity index (χ4v) is 4.37. The number of carbonyl (C=O) groups excluding carboxylic acids is 1. The minimum Gasteiger partial charge on any atom is -0.379 e. The first-order valence-electron chi connectivity index (χ1n) is 7.61. The number of amides is 1. The van der Waals surface area contributed by atoms with Gasteiger partial charge in [-0.2, -0.15) is 4.31 Å². The Hall–Kier alpha value is -1.38. The van der Waals surface area contributed by atoms with Crippen molar-refractivity contribution in [1.82, 2.24) is 13.8 Å². The van der Waals surface area contributed by atoms with Gasteiger partial charge in [-0.05, 0) is 19.4 Å². The zero-order chi connectivity index (χ0) is 15.7. The van der Waals surface area contributed by atoms with E-state index < -0.39 is 10.0 Å². The third-order valence-corrected chi connectivity index (χ3v) is 6.06. The maximum atomic E-state index is 12.7. The molecule has 1 amide bonds. The molecule has 1 aromatic rings. The van der Waals surface area contributed by atoms with Crippen molar-refractivity contribution in [3.05, 3.63) is 18.0 Å². The summed E-state index contributed by atoms with van der Waals surface area (Å²) in [6.45, 7) is 5.48. The molecule has 0 saturated carbocycles. The largest absolute Gasteiger partial charge is 0.379 e. The number of carbonyl (C=O) groups is 1. The molecule has 1 aromatic heterocycles. The van der Waals surface area contributed by atoms with Gasteiger partial charge < -0.3 is 14.2 Å². The molecule has 0 aliphatic carbocycles. The first-order valence-corrected chi connectivity index (χ1v) is 9.05. The number of fused-ring (bicyclic) bond motifs is 1. The fraction of sp³-hybridized carbons (Fsp3) is 0.643. The smallest absolute Gasteiger partial charge is 0.270 e. The molecule has 0 spiro atoms. The van der Waals surface area contributed by atoms with Crippen LogP contribution < -0.4 is 0 Å². The SMILES string of the molecule is CCN1CCCn2cc(S(=O)(=O)N3CCOCC3)cc2C1=O. The molecule has 1 saturated heterocycles. The first kappa shape index (κ1) is 15.5. The molecule has 22 heavy (non-hydrogen) atoms. The van der Waals surface area contributed by atoms with Crippen LogP contribution in [0.5, 0.6) is 0 Å². The lowest BCUT2D eigenvalue weighted by Crippen LogP contribution is -2.40. The molecule has 1 fully saturated rings. The van der Waals surface area contributed by atoms with Crippen molar-refractivity contribution in [3.63, 3.8) is 0 Å². The van der Waals surface area contributed by atoms with Gasteiger partial charge in [0.25, 0.3) is 5.91 Å². The Morgan fingerprint density at radius 2 is 1.91 bits per heavy atom. The highest BCUT2D eigenvalue weighted by molar-refractivity contribution is 7.89. The predicted molar refractivity (Wildman–Crippen MR) is 80.2 cm³/mol. The fourth-order valence-electron chi connectivity index (χ4n) is 2.92. The van der Waals surface area contributed by atoms with Crippen LogP contribution in [0.25, 0.3) is 0 Å². The van der Waals surface area contributed by atoms with E-state index in [0.717, 1.165) is 6.42 Å². The van der Waals surface area contributed by atoms with Gasteiger partial charge in [-0.25, -0.2) is 8.42 Å². The molecular weight excluding hydrogens is 306 g/mol. The highest BCUT2D eigenvalue weighted by Crippen LogP contribution is 2.23. The van der Waals surface area contributed by atoms with Crippen molar-refractivity contribution in [2.45, 2.75) is 24.8 Å². The number of nitrogens with zero attached hydrogens (tertiary/aromatic N) is 3. The van der Waals surface area contributed by atoms with E-state index in [4.69, 9.17) is 4.74 Å². The summed E-state index contributed by atoms with van der Waals surface area (Å²) in [5.41, 5.74) is 0.464. The van der Waals surface area contributed by atoms with Crippen molar-refractivity contribution in [2.75, 3.05) is 39.4 Å². The van der Waals surface area contributed by atoms with E-state index in [1.807, 2.05) is 6.92 Å². The summed E-state index contributed by atoms with van der Waals surface area (Å²) < 4.78 is 33.8. The van der Waals surface area contributed by atoms with Crippen LogP contribution in [0.1, 0.15) is 23.8 Å². The lowest BCUT2D eigenvalue weighted by atomic mass is 10.3. The zero-order valence-corrected chi connectivity index (χ0v) is 13.5. The second-order valence-electron chi connectivity index (χ2n) is 5.51. The molecule has 0 radical (unpaired) electrons. The van der Waals surface area contributed by atoms with E-state index in [1.165, 1.54) is 10.4 Å². The molecule has 122 valence electrons. The molecule has 3 rings (SSSR count). The summed E-state index contributed by atoms with van der Waals surface area (Å²) in [7, 11) is -3.55. The Bertz CT molecular complexity index is 662. The van der Waals surface area contributed by atoms with Crippen LogP contribution in [0, 0.1) is 0 Å². The molecule has 8 heteroatoms. The summed E-state index contributed by atoms with van der Waals surface area (Å²) in [5, 5.41) is 0. The number of ether oxygens (including phenoxy) is 1. The maximum absolute atomic E-state index is 12.7. The second-order valence-corrected chi connectivity index (χ2v) is 7.45. The number of hydrogen-bond donors (Lipinski definition) is 0. The minimum absolute atomic E-state index is 0.0940. The van der Waals surface area contributed by atoms with E-state index >= 15 is 0 Å². The monoisotopic (exact) mass is 327 g/mol. The topological polar surface area (TPSA) is 71.8 Å². The molecule has 3 heterocycles. The molecule has 0 unspecified atom stereocenters. The Labute approximate surface area is 130 Å². The van der Waals surface area contributed by atoms with Gasteiger partial charge >= 0.3 is 0 Å². The number of rotatable bonds is 3. The standard InChI is InChI=1S/C14H21N3O4S/c1-2-15-4-3-5-16-11-12(10-13(16)14(15)18)22(19,20)17-6-8-21-9-7-17/h10-11H,2-9H2,1H3. The van der Waals surface area contributed by atoms with Crippen molar-refractivity contribution in [2.24, 2.45) is 0 Å². The highest BCUT2D eigenvalue weighted by atomic mass is 32.2. The van der Waals surface area contributed by atoms with Gasteiger partial charge in [-0.1, -0.05) is 0 Å². The van der Waals surface area contributed by atoms with Gasteiger partial charge in [0.2, 0.25) is 10.0 Å². The molecule has 0 N–H and O–H groups in total. The summed E-state index contributed by atoms with van der Waals surface area (Å²) in [4.78, 5) is 14.4. The summed E-state index contributed by atoms with van der Waals surface area (Å²) in [6, 6.07) is 1.51. The third-order valence-electron chi connectivity index (χ3n) is 4.19. The third kappa shape index (κ3) is 2.66. The van der Waals surface area contributed by atoms with Gasteiger partial charge in [-0.15, -0.1) is 0 Å². The van der Waals surface area contributed by atoms with Gasteiger partial charge in [0.1, 0.15) is 10.6 Å². The molecule has 0 bridgehead atoms. The molecular formula is C14H21N3O4S. The van der Waals surface area contributed by atoms with Crippen molar-refractivity contribution in [3.8, 4) is 0 Å². The van der Waals surface area contributed by atoms with E-state index in [1.54, 1.807) is 15.7 Å². The lowest BCUT2D eigenvalue weighted by Gasteiger charge is -2.25. The average molecular weight is 327 g/mol. The Morgan fingerprint density at radius 1 is 1.18 bits per heavy atom. The van der Waals surface area contributed by atoms with Gasteiger partial charge in [0.05, 0.1) is 13.2 Å². The first-order chi connectivity index (χ1) is 10.5. The normalized spacial score (nSPS) is 20.8. The summed E-state index contributed by atoms with van der Waals surface area (Å²) >= 11 is 0. The van der Waals surface area contributed by atoms with Crippen LogP contribution in [-0.4, -0.2) is 67.5 Å². The van der Waals surface area contributed by atoms with E-state index in [9.17, 15) is 13.2 Å². The molecule has 0 aromatic carbocycles. The van der Waals surface area contributed by atoms with Crippen molar-refractivity contribution < 1.29 is 17.9 Å². The number of aromatic nitrogens is 1. The quantitative estimate of drug-likeness (QED) is 0.804. The van der Waals surface area contributed by atoms with Crippen LogP contribution in [0.15, 0.2) is 17.2 Å². The maximum Gasteiger partial charge on any atom is 0.270 e. The summed E-state index contributed by atoms with van der Waals surface area (Å²) in [5.74, 6) is -0.0940. The molecule has 7 nitrogen and oxygen atoms in total. The summed E-state index contributed by atoms with van der Waals surface area (Å²) in [6.07, 6.45) is 2.43. The van der Waals surface area contributed by atoms with E-state index in [-0.39, 0.29) is 10.8 Å². The van der Waals surface area contributed by atoms with Crippen LogP contribution in [0.4, 0.5) is 0 Å². The minimum atomic E-state index is -3.55.